The van der Waals surface area contributed by atoms with Gasteiger partial charge in [0, 0.05) is 47.0 Å². The van der Waals surface area contributed by atoms with Crippen molar-refractivity contribution in [3.05, 3.63) is 65.7 Å². The molecule has 5 rings (SSSR count). The van der Waals surface area contributed by atoms with Crippen molar-refractivity contribution in [2.75, 3.05) is 31.5 Å². The zero-order chi connectivity index (χ0) is 23.4. The van der Waals surface area contributed by atoms with Gasteiger partial charge in [-0.25, -0.2) is 4.98 Å². The monoisotopic (exact) mass is 483 g/mol. The van der Waals surface area contributed by atoms with Crippen molar-refractivity contribution in [2.45, 2.75) is 12.5 Å². The minimum atomic E-state index is -0.611. The van der Waals surface area contributed by atoms with Crippen LogP contribution in [0.5, 0.6) is 5.88 Å². The van der Waals surface area contributed by atoms with Crippen molar-refractivity contribution in [1.82, 2.24) is 9.97 Å². The number of benzene rings is 2. The summed E-state index contributed by atoms with van der Waals surface area (Å²) in [5.41, 5.74) is 12.1. The normalized spacial score (nSPS) is 15.5. The number of anilines is 1. The molecule has 0 radical (unpaired) electrons. The Morgan fingerprint density at radius 1 is 1.06 bits per heavy atom. The van der Waals surface area contributed by atoms with Crippen LogP contribution in [0.2, 0.25) is 5.02 Å². The Morgan fingerprint density at radius 2 is 1.67 bits per heavy atom. The third kappa shape index (κ3) is 5.93. The predicted molar refractivity (Wildman–Crippen MR) is 136 cm³/mol. The fraction of sp³-hybridized carbons (Fsp3) is 0.240. The highest BCUT2D eigenvalue weighted by Crippen LogP contribution is 2.32. The molecule has 1 atom stereocenters. The lowest BCUT2D eigenvalue weighted by molar-refractivity contribution is 0.138. The van der Waals surface area contributed by atoms with E-state index in [0.29, 0.717) is 17.5 Å². The Balaban J connectivity index is 0.000000601. The lowest BCUT2D eigenvalue weighted by atomic mass is 10.0. The second kappa shape index (κ2) is 10.4. The molecule has 0 bridgehead atoms. The molecular formula is C25H26ClN3O3S. The van der Waals surface area contributed by atoms with E-state index in [1.807, 2.05) is 48.5 Å². The summed E-state index contributed by atoms with van der Waals surface area (Å²) in [5.74, 6) is 0.690. The molecule has 6 nitrogen and oxygen atoms in total. The lowest BCUT2D eigenvalue weighted by Crippen LogP contribution is -2.15. The van der Waals surface area contributed by atoms with Crippen molar-refractivity contribution in [2.24, 2.45) is 0 Å². The van der Waals surface area contributed by atoms with Gasteiger partial charge in [0.05, 0.1) is 35.0 Å². The molecule has 172 valence electrons. The van der Waals surface area contributed by atoms with Crippen LogP contribution in [0.1, 0.15) is 6.42 Å². The smallest absolute Gasteiger partial charge is 0.193 e. The Kier molecular flexibility index (Phi) is 7.33. The van der Waals surface area contributed by atoms with Gasteiger partial charge in [0.2, 0.25) is 0 Å². The number of nitrogen functional groups attached to an aromatic ring is 1. The van der Waals surface area contributed by atoms with Crippen molar-refractivity contribution in [3.8, 4) is 28.3 Å². The van der Waals surface area contributed by atoms with Crippen molar-refractivity contribution >= 4 is 39.1 Å². The maximum absolute atomic E-state index is 9.56. The Hall–Kier alpha value is -2.87. The first-order chi connectivity index (χ1) is 15.9. The fourth-order valence-corrected chi connectivity index (χ4v) is 3.81. The average Bonchev–Trinajstić information content (AvgIpc) is 3.43. The van der Waals surface area contributed by atoms with E-state index in [0.717, 1.165) is 52.1 Å². The maximum Gasteiger partial charge on any atom is 0.193 e. The highest BCUT2D eigenvalue weighted by atomic mass is 35.5. The summed E-state index contributed by atoms with van der Waals surface area (Å²) < 4.78 is 20.9. The number of aromatic nitrogens is 2. The number of H-pyrrole nitrogens is 1. The summed E-state index contributed by atoms with van der Waals surface area (Å²) in [5, 5.41) is 0.593. The maximum atomic E-state index is 9.56. The SMILES string of the molecule is CS(C)=O.Nc1ccc(-c2ccc(-c3nc4cc(OC5CCOC5)[nH]c4cc3Cl)cc2)cc1. The first kappa shape index (κ1) is 23.3. The van der Waals surface area contributed by atoms with Crippen molar-refractivity contribution in [3.63, 3.8) is 0 Å². The molecule has 3 N–H and O–H groups in total. The lowest BCUT2D eigenvalue weighted by Gasteiger charge is -2.08. The third-order valence-corrected chi connectivity index (χ3v) is 5.40. The quantitative estimate of drug-likeness (QED) is 0.384. The van der Waals surface area contributed by atoms with Gasteiger partial charge in [0.25, 0.3) is 0 Å². The first-order valence-corrected chi connectivity index (χ1v) is 12.9. The van der Waals surface area contributed by atoms with Gasteiger partial charge in [0.15, 0.2) is 5.88 Å². The van der Waals surface area contributed by atoms with Crippen molar-refractivity contribution in [1.29, 1.82) is 0 Å². The zero-order valence-electron chi connectivity index (χ0n) is 18.5. The molecule has 1 aliphatic heterocycles. The minimum absolute atomic E-state index is 0.0823. The first-order valence-electron chi connectivity index (χ1n) is 10.5. The summed E-state index contributed by atoms with van der Waals surface area (Å²) in [7, 11) is -0.611. The van der Waals surface area contributed by atoms with Gasteiger partial charge in [-0.1, -0.05) is 48.0 Å². The number of halogens is 1. The molecule has 1 aliphatic rings. The van der Waals surface area contributed by atoms with E-state index in [1.165, 1.54) is 0 Å². The van der Waals surface area contributed by atoms with Gasteiger partial charge in [-0.2, -0.15) is 0 Å². The molecule has 1 unspecified atom stereocenters. The molecule has 0 spiro atoms. The Morgan fingerprint density at radius 3 is 2.27 bits per heavy atom. The number of aromatic amines is 1. The molecule has 3 heterocycles. The summed E-state index contributed by atoms with van der Waals surface area (Å²) in [6, 6.07) is 19.8. The van der Waals surface area contributed by atoms with E-state index in [2.05, 4.69) is 17.1 Å². The topological polar surface area (TPSA) is 90.2 Å². The zero-order valence-corrected chi connectivity index (χ0v) is 20.1. The number of hydrogen-bond donors (Lipinski definition) is 2. The second-order valence-corrected chi connectivity index (χ2v) is 9.82. The van der Waals surface area contributed by atoms with Gasteiger partial charge >= 0.3 is 0 Å². The van der Waals surface area contributed by atoms with Gasteiger partial charge in [0.1, 0.15) is 6.10 Å². The largest absolute Gasteiger partial charge is 0.473 e. The van der Waals surface area contributed by atoms with Crippen LogP contribution in [0.15, 0.2) is 60.7 Å². The van der Waals surface area contributed by atoms with Crippen LogP contribution in [-0.2, 0) is 15.5 Å². The van der Waals surface area contributed by atoms with Crippen molar-refractivity contribution < 1.29 is 13.7 Å². The van der Waals surface area contributed by atoms with E-state index in [-0.39, 0.29) is 6.10 Å². The van der Waals surface area contributed by atoms with E-state index in [1.54, 1.807) is 12.5 Å². The highest BCUT2D eigenvalue weighted by Gasteiger charge is 2.19. The molecule has 0 saturated carbocycles. The third-order valence-electron chi connectivity index (χ3n) is 5.12. The second-order valence-electron chi connectivity index (χ2n) is 7.93. The fourth-order valence-electron chi connectivity index (χ4n) is 3.55. The number of nitrogens with two attached hydrogens (primary N) is 1. The number of nitrogens with zero attached hydrogens (tertiary/aromatic N) is 1. The molecule has 1 saturated heterocycles. The molecule has 0 amide bonds. The summed E-state index contributed by atoms with van der Waals surface area (Å²) in [4.78, 5) is 8.01. The Labute approximate surface area is 200 Å². The number of rotatable bonds is 4. The van der Waals surface area contributed by atoms with E-state index >= 15 is 0 Å². The predicted octanol–water partition coefficient (Wildman–Crippen LogP) is 5.29. The van der Waals surface area contributed by atoms with Crippen LogP contribution < -0.4 is 10.5 Å². The molecule has 1 fully saturated rings. The van der Waals surface area contributed by atoms with Gasteiger partial charge in [-0.05, 0) is 29.3 Å². The number of hydrogen-bond acceptors (Lipinski definition) is 5. The van der Waals surface area contributed by atoms with E-state index in [4.69, 9.17) is 31.8 Å². The Bertz CT molecular complexity index is 1250. The molecular weight excluding hydrogens is 458 g/mol. The molecule has 33 heavy (non-hydrogen) atoms. The van der Waals surface area contributed by atoms with Gasteiger partial charge in [-0.15, -0.1) is 0 Å². The number of pyridine rings is 1. The minimum Gasteiger partial charge on any atom is -0.473 e. The molecule has 2 aromatic heterocycles. The number of fused-ring (bicyclic) bond motifs is 1. The van der Waals surface area contributed by atoms with E-state index in [9.17, 15) is 4.21 Å². The number of ether oxygens (including phenoxy) is 2. The molecule has 4 aromatic rings. The summed E-state index contributed by atoms with van der Waals surface area (Å²) in [6.07, 6.45) is 4.26. The molecule has 8 heteroatoms. The average molecular weight is 484 g/mol. The molecule has 0 aliphatic carbocycles. The summed E-state index contributed by atoms with van der Waals surface area (Å²) >= 11 is 6.53. The van der Waals surface area contributed by atoms with Crippen LogP contribution in [0.4, 0.5) is 5.69 Å². The van der Waals surface area contributed by atoms with E-state index < -0.39 is 10.8 Å². The van der Waals surface area contributed by atoms with Crippen LogP contribution >= 0.6 is 11.6 Å². The number of nitrogens with one attached hydrogen (secondary N) is 1. The van der Waals surface area contributed by atoms with Gasteiger partial charge < -0.3 is 20.2 Å². The van der Waals surface area contributed by atoms with Crippen LogP contribution in [0, 0.1) is 0 Å². The highest BCUT2D eigenvalue weighted by molar-refractivity contribution is 7.83. The standard InChI is InChI=1S/C23H20ClN3O2.C2H6OS/c24-19-11-20-21(12-22(26-20)29-18-9-10-28-13-18)27-23(19)16-3-1-14(2-4-16)15-5-7-17(25)8-6-15;1-4(2)3/h1-8,11-12,18,26H,9-10,13,25H2;1-2H3. The van der Waals surface area contributed by atoms with Crippen LogP contribution in [0.3, 0.4) is 0 Å². The van der Waals surface area contributed by atoms with Gasteiger partial charge in [-0.3, -0.25) is 4.21 Å². The van der Waals surface area contributed by atoms with Crippen LogP contribution in [0.25, 0.3) is 33.4 Å². The summed E-state index contributed by atoms with van der Waals surface area (Å²) in [6.45, 7) is 1.36. The van der Waals surface area contributed by atoms with Crippen LogP contribution in [-0.4, -0.2) is 46.0 Å². The molecule has 2 aromatic carbocycles.